The minimum Gasteiger partial charge on any atom is -0.296 e. The van der Waals surface area contributed by atoms with E-state index in [4.69, 9.17) is 0 Å². The molecule has 0 bridgehead atoms. The van der Waals surface area contributed by atoms with Gasteiger partial charge in [-0.2, -0.15) is 0 Å². The number of rotatable bonds is 1. The highest BCUT2D eigenvalue weighted by molar-refractivity contribution is 5.24. The van der Waals surface area contributed by atoms with Crippen molar-refractivity contribution in [3.63, 3.8) is 0 Å². The lowest BCUT2D eigenvalue weighted by Gasteiger charge is -2.26. The topological polar surface area (TPSA) is 3.24 Å². The van der Waals surface area contributed by atoms with E-state index in [2.05, 4.69) is 48.2 Å². The molecule has 84 valence electrons. The minimum atomic E-state index is 0.707. The first-order valence-electron chi connectivity index (χ1n) is 6.29. The summed E-state index contributed by atoms with van der Waals surface area (Å²) in [6, 6.07) is 11.7. The third-order valence-electron chi connectivity index (χ3n) is 3.99. The Balaban J connectivity index is 1.79. The summed E-state index contributed by atoms with van der Waals surface area (Å²) in [6.07, 6.45) is 5.05. The molecule has 0 aromatic heterocycles. The van der Waals surface area contributed by atoms with Crippen molar-refractivity contribution in [3.8, 4) is 0 Å². The van der Waals surface area contributed by atoms with Gasteiger partial charge in [0.1, 0.15) is 0 Å². The molecule has 2 heterocycles. The van der Waals surface area contributed by atoms with Crippen LogP contribution in [0.5, 0.6) is 0 Å². The Morgan fingerprint density at radius 2 is 2.00 bits per heavy atom. The van der Waals surface area contributed by atoms with Crippen molar-refractivity contribution in [2.45, 2.75) is 31.7 Å². The molecule has 16 heavy (non-hydrogen) atoms. The van der Waals surface area contributed by atoms with Gasteiger partial charge in [-0.25, -0.2) is 0 Å². The van der Waals surface area contributed by atoms with Crippen molar-refractivity contribution in [1.29, 1.82) is 0 Å². The monoisotopic (exact) mass is 213 g/mol. The summed E-state index contributed by atoms with van der Waals surface area (Å²) >= 11 is 0. The fourth-order valence-corrected chi connectivity index (χ4v) is 3.06. The summed E-state index contributed by atoms with van der Waals surface area (Å²) in [4.78, 5) is 2.64. The van der Waals surface area contributed by atoms with Crippen molar-refractivity contribution in [2.75, 3.05) is 13.1 Å². The molecule has 2 aliphatic rings. The van der Waals surface area contributed by atoms with Crippen LogP contribution in [0.15, 0.2) is 42.0 Å². The van der Waals surface area contributed by atoms with Crippen LogP contribution in [0.3, 0.4) is 0 Å². The smallest absolute Gasteiger partial charge is 0.0287 e. The van der Waals surface area contributed by atoms with Crippen LogP contribution < -0.4 is 0 Å². The molecule has 0 amide bonds. The molecule has 2 aliphatic heterocycles. The van der Waals surface area contributed by atoms with Crippen LogP contribution in [0.4, 0.5) is 0 Å². The lowest BCUT2D eigenvalue weighted by molar-refractivity contribution is 0.277. The maximum Gasteiger partial charge on any atom is 0.0287 e. The van der Waals surface area contributed by atoms with Crippen LogP contribution in [0.1, 0.15) is 31.2 Å². The van der Waals surface area contributed by atoms with Crippen LogP contribution in [-0.2, 0) is 0 Å². The average Bonchev–Trinajstić information content (AvgIpc) is 2.73. The summed E-state index contributed by atoms with van der Waals surface area (Å²) in [7, 11) is 0. The zero-order valence-corrected chi connectivity index (χ0v) is 9.89. The number of nitrogens with zero attached hydrogens (tertiary/aromatic N) is 1. The van der Waals surface area contributed by atoms with E-state index in [0.717, 1.165) is 5.92 Å². The van der Waals surface area contributed by atoms with Crippen LogP contribution in [0, 0.1) is 0 Å². The molecule has 0 N–H and O–H groups in total. The predicted octanol–water partition coefficient (Wildman–Crippen LogP) is 3.19. The fraction of sp³-hybridized carbons (Fsp3) is 0.467. The molecular weight excluding hydrogens is 194 g/mol. The van der Waals surface area contributed by atoms with Crippen LogP contribution in [0.2, 0.25) is 0 Å². The molecule has 0 saturated carbocycles. The van der Waals surface area contributed by atoms with Gasteiger partial charge >= 0.3 is 0 Å². The Morgan fingerprint density at radius 1 is 1.19 bits per heavy atom. The van der Waals surface area contributed by atoms with E-state index in [0.29, 0.717) is 6.04 Å². The SMILES string of the molecule is CC1=C[C@H]2C[C@H](c3ccccc3)CN2CC1. The van der Waals surface area contributed by atoms with Gasteiger partial charge in [-0.05, 0) is 31.2 Å². The lowest BCUT2D eigenvalue weighted by atomic mass is 9.95. The molecule has 1 aromatic carbocycles. The van der Waals surface area contributed by atoms with Gasteiger partial charge in [0.2, 0.25) is 0 Å². The molecule has 1 saturated heterocycles. The van der Waals surface area contributed by atoms with Crippen LogP contribution in [0.25, 0.3) is 0 Å². The zero-order valence-electron chi connectivity index (χ0n) is 9.89. The first-order chi connectivity index (χ1) is 7.83. The van der Waals surface area contributed by atoms with Gasteiger partial charge < -0.3 is 0 Å². The molecule has 1 fully saturated rings. The van der Waals surface area contributed by atoms with E-state index >= 15 is 0 Å². The van der Waals surface area contributed by atoms with E-state index in [-0.39, 0.29) is 0 Å². The summed E-state index contributed by atoms with van der Waals surface area (Å²) in [6.45, 7) is 4.78. The molecule has 1 nitrogen and oxygen atoms in total. The first kappa shape index (κ1) is 10.1. The Morgan fingerprint density at radius 3 is 2.81 bits per heavy atom. The minimum absolute atomic E-state index is 0.707. The van der Waals surface area contributed by atoms with Gasteiger partial charge in [0.15, 0.2) is 0 Å². The normalized spacial score (nSPS) is 29.9. The summed E-state index contributed by atoms with van der Waals surface area (Å²) in [5.41, 5.74) is 3.10. The largest absolute Gasteiger partial charge is 0.296 e. The summed E-state index contributed by atoms with van der Waals surface area (Å²) in [5.74, 6) is 0.744. The van der Waals surface area contributed by atoms with Crippen LogP contribution >= 0.6 is 0 Å². The molecule has 0 radical (unpaired) electrons. The zero-order chi connectivity index (χ0) is 11.0. The third-order valence-corrected chi connectivity index (χ3v) is 3.99. The van der Waals surface area contributed by atoms with Crippen molar-refractivity contribution in [1.82, 2.24) is 4.90 Å². The third kappa shape index (κ3) is 1.80. The molecule has 1 heteroatoms. The number of fused-ring (bicyclic) bond motifs is 1. The fourth-order valence-electron chi connectivity index (χ4n) is 3.06. The van der Waals surface area contributed by atoms with E-state index in [1.807, 2.05) is 0 Å². The van der Waals surface area contributed by atoms with Crippen LogP contribution in [-0.4, -0.2) is 24.0 Å². The molecule has 0 aliphatic carbocycles. The number of benzene rings is 1. The van der Waals surface area contributed by atoms with Crippen molar-refractivity contribution in [3.05, 3.63) is 47.5 Å². The maximum atomic E-state index is 2.64. The molecule has 0 spiro atoms. The van der Waals surface area contributed by atoms with Gasteiger partial charge in [0.25, 0.3) is 0 Å². The molecule has 0 unspecified atom stereocenters. The quantitative estimate of drug-likeness (QED) is 0.648. The van der Waals surface area contributed by atoms with Gasteiger partial charge in [-0.1, -0.05) is 42.0 Å². The highest BCUT2D eigenvalue weighted by Gasteiger charge is 2.32. The van der Waals surface area contributed by atoms with E-state index in [1.54, 1.807) is 5.57 Å². The highest BCUT2D eigenvalue weighted by atomic mass is 15.2. The second-order valence-electron chi connectivity index (χ2n) is 5.17. The predicted molar refractivity (Wildman–Crippen MR) is 67.5 cm³/mol. The second kappa shape index (κ2) is 4.06. The molecular formula is C15H19N. The van der Waals surface area contributed by atoms with Crippen molar-refractivity contribution < 1.29 is 0 Å². The van der Waals surface area contributed by atoms with Crippen molar-refractivity contribution >= 4 is 0 Å². The van der Waals surface area contributed by atoms with Gasteiger partial charge in [0.05, 0.1) is 0 Å². The number of hydrogen-bond acceptors (Lipinski definition) is 1. The summed E-state index contributed by atoms with van der Waals surface area (Å²) in [5, 5.41) is 0. The molecule has 1 aromatic rings. The Kier molecular flexibility index (Phi) is 2.56. The second-order valence-corrected chi connectivity index (χ2v) is 5.17. The van der Waals surface area contributed by atoms with Crippen molar-refractivity contribution in [2.24, 2.45) is 0 Å². The summed E-state index contributed by atoms with van der Waals surface area (Å²) < 4.78 is 0. The van der Waals surface area contributed by atoms with E-state index in [9.17, 15) is 0 Å². The van der Waals surface area contributed by atoms with Gasteiger partial charge in [0, 0.05) is 19.1 Å². The average molecular weight is 213 g/mol. The Bertz CT molecular complexity index is 393. The maximum absolute atomic E-state index is 2.64. The molecule has 3 rings (SSSR count). The Labute approximate surface area is 97.8 Å². The lowest BCUT2D eigenvalue weighted by Crippen LogP contribution is -2.32. The van der Waals surface area contributed by atoms with E-state index in [1.165, 1.54) is 31.5 Å². The number of hydrogen-bond donors (Lipinski definition) is 0. The Hall–Kier alpha value is -1.08. The van der Waals surface area contributed by atoms with Gasteiger partial charge in [-0.15, -0.1) is 0 Å². The standard InChI is InChI=1S/C15H19N/c1-12-7-8-16-11-14(10-15(16)9-12)13-5-3-2-4-6-13/h2-6,9,14-15H,7-8,10-11H2,1H3/t14-,15-/m0/s1. The van der Waals surface area contributed by atoms with E-state index < -0.39 is 0 Å². The first-order valence-corrected chi connectivity index (χ1v) is 6.29. The van der Waals surface area contributed by atoms with Gasteiger partial charge in [-0.3, -0.25) is 4.90 Å². The highest BCUT2D eigenvalue weighted by Crippen LogP contribution is 2.34. The molecule has 2 atom stereocenters.